The first kappa shape index (κ1) is 22.1. The topological polar surface area (TPSA) is 131 Å². The van der Waals surface area contributed by atoms with E-state index in [1.165, 1.54) is 6.07 Å². The van der Waals surface area contributed by atoms with Crippen LogP contribution in [-0.2, 0) is 4.74 Å². The molecule has 0 spiro atoms. The highest BCUT2D eigenvalue weighted by Crippen LogP contribution is 2.30. The molecule has 0 aliphatic carbocycles. The molecule has 3 aromatic heterocycles. The van der Waals surface area contributed by atoms with E-state index in [1.807, 2.05) is 20.8 Å². The Balaban J connectivity index is 0.000000310. The first-order chi connectivity index (χ1) is 14.2. The molecule has 0 amide bonds. The van der Waals surface area contributed by atoms with E-state index in [0.717, 1.165) is 37.4 Å². The van der Waals surface area contributed by atoms with Gasteiger partial charge in [0.1, 0.15) is 10.4 Å². The molecule has 160 valence electrons. The maximum absolute atomic E-state index is 12.5. The smallest absolute Gasteiger partial charge is 0.345 e. The van der Waals surface area contributed by atoms with Gasteiger partial charge in [0.15, 0.2) is 11.4 Å². The van der Waals surface area contributed by atoms with E-state index in [9.17, 15) is 9.59 Å². The quantitative estimate of drug-likeness (QED) is 0.539. The molecule has 4 N–H and O–H groups in total. The molecular weight excluding hydrogens is 404 g/mol. The first-order valence-electron chi connectivity index (χ1n) is 9.72. The zero-order chi connectivity index (χ0) is 21.9. The Morgan fingerprint density at radius 1 is 1.27 bits per heavy atom. The number of carboxylic acids is 1. The molecule has 1 aliphatic rings. The predicted molar refractivity (Wildman–Crippen MR) is 116 cm³/mol. The normalized spacial score (nSPS) is 14.9. The number of rotatable bonds is 3. The Labute approximate surface area is 178 Å². The van der Waals surface area contributed by atoms with Crippen molar-refractivity contribution >= 4 is 34.3 Å². The van der Waals surface area contributed by atoms with Crippen molar-refractivity contribution in [3.05, 3.63) is 35.0 Å². The Morgan fingerprint density at radius 3 is 2.50 bits per heavy atom. The number of aromatic amines is 1. The lowest BCUT2D eigenvalue weighted by atomic mass is 9.87. The fourth-order valence-corrected chi connectivity index (χ4v) is 3.69. The number of ketones is 1. The van der Waals surface area contributed by atoms with Gasteiger partial charge in [-0.1, -0.05) is 20.8 Å². The van der Waals surface area contributed by atoms with Crippen LogP contribution in [0.1, 0.15) is 53.6 Å². The number of carbonyl (C=O) groups excluding carboxylic acids is 1. The number of H-pyrrole nitrogens is 1. The number of thiophene rings is 1. The van der Waals surface area contributed by atoms with Gasteiger partial charge in [0.05, 0.1) is 22.3 Å². The summed E-state index contributed by atoms with van der Waals surface area (Å²) in [6, 6.07) is 3.64. The predicted octanol–water partition coefficient (Wildman–Crippen LogP) is 3.74. The van der Waals surface area contributed by atoms with Crippen LogP contribution in [0.25, 0.3) is 21.7 Å². The average Bonchev–Trinajstić information content (AvgIpc) is 3.35. The zero-order valence-electron chi connectivity index (χ0n) is 17.3. The second kappa shape index (κ2) is 9.03. The minimum absolute atomic E-state index is 0.0207. The summed E-state index contributed by atoms with van der Waals surface area (Å²) in [5.74, 6) is -0.992. The summed E-state index contributed by atoms with van der Waals surface area (Å²) < 4.78 is 5.06. The van der Waals surface area contributed by atoms with Gasteiger partial charge in [-0.25, -0.2) is 14.8 Å². The van der Waals surface area contributed by atoms with Crippen molar-refractivity contribution in [1.82, 2.24) is 15.0 Å². The summed E-state index contributed by atoms with van der Waals surface area (Å²) in [5, 5.41) is 9.01. The SMILES string of the molecule is CC(C)(C)C(=O)c1c[nH]c2ncc(-c3ccc(C(=O)O)s3)nc12.NC1CCOCC1. The van der Waals surface area contributed by atoms with Crippen LogP contribution in [0.4, 0.5) is 0 Å². The van der Waals surface area contributed by atoms with Gasteiger partial charge in [-0.3, -0.25) is 4.79 Å². The molecule has 0 unspecified atom stereocenters. The number of nitrogens with one attached hydrogen (secondary N) is 1. The van der Waals surface area contributed by atoms with E-state index >= 15 is 0 Å². The van der Waals surface area contributed by atoms with Crippen LogP contribution in [0.2, 0.25) is 0 Å². The monoisotopic (exact) mass is 430 g/mol. The van der Waals surface area contributed by atoms with E-state index in [2.05, 4.69) is 15.0 Å². The van der Waals surface area contributed by atoms with E-state index in [1.54, 1.807) is 18.5 Å². The van der Waals surface area contributed by atoms with Gasteiger partial charge in [0.25, 0.3) is 0 Å². The number of fused-ring (bicyclic) bond motifs is 1. The standard InChI is InChI=1S/C16H15N3O3S.C5H11NO/c1-16(2,3)13(20)8-6-17-14-12(8)19-9(7-18-14)10-4-5-11(23-10)15(21)22;6-5-1-3-7-4-2-5/h4-7H,1-3H3,(H,17,18)(H,21,22);5H,1-4,6H2. The molecule has 3 aromatic rings. The van der Waals surface area contributed by atoms with Gasteiger partial charge in [-0.15, -0.1) is 11.3 Å². The first-order valence-corrected chi connectivity index (χ1v) is 10.5. The van der Waals surface area contributed by atoms with Gasteiger partial charge in [-0.05, 0) is 25.0 Å². The molecule has 0 aromatic carbocycles. The van der Waals surface area contributed by atoms with E-state index < -0.39 is 11.4 Å². The Hall–Kier alpha value is -2.62. The highest BCUT2D eigenvalue weighted by molar-refractivity contribution is 7.17. The number of nitrogens with zero attached hydrogens (tertiary/aromatic N) is 2. The summed E-state index contributed by atoms with van der Waals surface area (Å²) >= 11 is 1.13. The van der Waals surface area contributed by atoms with E-state index in [4.69, 9.17) is 15.6 Å². The molecule has 4 heterocycles. The number of carbonyl (C=O) groups is 2. The molecule has 1 aliphatic heterocycles. The summed E-state index contributed by atoms with van der Waals surface area (Å²) in [7, 11) is 0. The molecule has 1 saturated heterocycles. The van der Waals surface area contributed by atoms with Crippen molar-refractivity contribution in [2.75, 3.05) is 13.2 Å². The number of aromatic carboxylic acids is 1. The number of nitrogens with two attached hydrogens (primary N) is 1. The van der Waals surface area contributed by atoms with Crippen LogP contribution in [0, 0.1) is 5.41 Å². The third-order valence-corrected chi connectivity index (χ3v) is 5.74. The Kier molecular flexibility index (Phi) is 6.64. The second-order valence-corrected chi connectivity index (χ2v) is 9.24. The Bertz CT molecular complexity index is 1040. The largest absolute Gasteiger partial charge is 0.477 e. The molecule has 9 heteroatoms. The fourth-order valence-electron chi connectivity index (χ4n) is 2.89. The van der Waals surface area contributed by atoms with Gasteiger partial charge < -0.3 is 20.6 Å². The van der Waals surface area contributed by atoms with Crippen molar-refractivity contribution in [3.63, 3.8) is 0 Å². The van der Waals surface area contributed by atoms with Crippen molar-refractivity contribution in [2.24, 2.45) is 11.1 Å². The van der Waals surface area contributed by atoms with Crippen LogP contribution in [0.5, 0.6) is 0 Å². The Morgan fingerprint density at radius 2 is 1.97 bits per heavy atom. The minimum atomic E-state index is -0.972. The third kappa shape index (κ3) is 5.10. The molecule has 0 bridgehead atoms. The van der Waals surface area contributed by atoms with Gasteiger partial charge >= 0.3 is 5.97 Å². The number of hydrogen-bond donors (Lipinski definition) is 3. The summed E-state index contributed by atoms with van der Waals surface area (Å²) in [4.78, 5) is 36.2. The van der Waals surface area contributed by atoms with Gasteiger partial charge in [-0.2, -0.15) is 0 Å². The van der Waals surface area contributed by atoms with Crippen LogP contribution < -0.4 is 5.73 Å². The zero-order valence-corrected chi connectivity index (χ0v) is 18.1. The summed E-state index contributed by atoms with van der Waals surface area (Å²) in [6.07, 6.45) is 5.28. The van der Waals surface area contributed by atoms with E-state index in [-0.39, 0.29) is 10.7 Å². The highest BCUT2D eigenvalue weighted by Gasteiger charge is 2.26. The van der Waals surface area contributed by atoms with Gasteiger partial charge in [0.2, 0.25) is 0 Å². The minimum Gasteiger partial charge on any atom is -0.477 e. The van der Waals surface area contributed by atoms with Crippen molar-refractivity contribution in [1.29, 1.82) is 0 Å². The number of hydrogen-bond acceptors (Lipinski definition) is 7. The lowest BCUT2D eigenvalue weighted by Crippen LogP contribution is -2.28. The number of carboxylic acid groups (broad SMARTS) is 1. The van der Waals surface area contributed by atoms with Crippen LogP contribution in [0.3, 0.4) is 0 Å². The summed E-state index contributed by atoms with van der Waals surface area (Å²) in [6.45, 7) is 7.28. The summed E-state index contributed by atoms with van der Waals surface area (Å²) in [5.41, 5.74) is 7.13. The molecule has 30 heavy (non-hydrogen) atoms. The van der Waals surface area contributed by atoms with Crippen molar-refractivity contribution < 1.29 is 19.4 Å². The highest BCUT2D eigenvalue weighted by atomic mass is 32.1. The number of ether oxygens (including phenoxy) is 1. The molecule has 0 atom stereocenters. The fraction of sp³-hybridized carbons (Fsp3) is 0.429. The third-order valence-electron chi connectivity index (χ3n) is 4.64. The maximum Gasteiger partial charge on any atom is 0.345 e. The molecule has 4 rings (SSSR count). The number of aromatic nitrogens is 3. The molecule has 0 saturated carbocycles. The van der Waals surface area contributed by atoms with Crippen LogP contribution in [-0.4, -0.2) is 51.1 Å². The molecular formula is C21H26N4O4S. The number of Topliss-reactive ketones (excluding diaryl/α,β-unsaturated/α-hetero) is 1. The van der Waals surface area contributed by atoms with Crippen molar-refractivity contribution in [2.45, 2.75) is 39.7 Å². The van der Waals surface area contributed by atoms with Crippen molar-refractivity contribution in [3.8, 4) is 10.6 Å². The maximum atomic E-state index is 12.5. The molecule has 1 fully saturated rings. The lowest BCUT2D eigenvalue weighted by molar-refractivity contribution is 0.0701. The van der Waals surface area contributed by atoms with Crippen LogP contribution in [0.15, 0.2) is 24.5 Å². The van der Waals surface area contributed by atoms with E-state index in [0.29, 0.717) is 33.3 Å². The molecule has 8 nitrogen and oxygen atoms in total. The van der Waals surface area contributed by atoms with Crippen LogP contribution >= 0.6 is 11.3 Å². The lowest BCUT2D eigenvalue weighted by Gasteiger charge is -2.16. The second-order valence-electron chi connectivity index (χ2n) is 8.15. The average molecular weight is 431 g/mol. The molecule has 0 radical (unpaired) electrons. The van der Waals surface area contributed by atoms with Gasteiger partial charge in [0, 0.05) is 30.9 Å².